The van der Waals surface area contributed by atoms with Crippen molar-refractivity contribution >= 4 is 64.2 Å². The molecule has 0 saturated carbocycles. The third-order valence-corrected chi connectivity index (χ3v) is 7.62. The molecule has 142 valence electrons. The first-order chi connectivity index (χ1) is 13.0. The molecule has 2 aromatic rings. The summed E-state index contributed by atoms with van der Waals surface area (Å²) in [7, 11) is 0. The van der Waals surface area contributed by atoms with Crippen LogP contribution in [0.2, 0.25) is 10.0 Å². The number of rotatable bonds is 5. The van der Waals surface area contributed by atoms with E-state index in [1.54, 1.807) is 12.1 Å². The first kappa shape index (κ1) is 20.4. The number of hydrogen-bond donors (Lipinski definition) is 2. The Balaban J connectivity index is 1.54. The zero-order chi connectivity index (χ0) is 19.2. The predicted molar refractivity (Wildman–Crippen MR) is 116 cm³/mol. The van der Waals surface area contributed by atoms with Gasteiger partial charge in [0.15, 0.2) is 0 Å². The summed E-state index contributed by atoms with van der Waals surface area (Å²) in [6.45, 7) is -0.129. The minimum atomic E-state index is -0.382. The molecule has 0 aromatic heterocycles. The molecule has 1 saturated heterocycles. The van der Waals surface area contributed by atoms with E-state index in [2.05, 4.69) is 16.7 Å². The van der Waals surface area contributed by atoms with Gasteiger partial charge in [0.05, 0.1) is 21.2 Å². The second-order valence-electron chi connectivity index (χ2n) is 5.91. The Kier molecular flexibility index (Phi) is 7.35. The molecule has 1 aliphatic heterocycles. The quantitative estimate of drug-likeness (QED) is 0.667. The zero-order valence-corrected chi connectivity index (χ0v) is 17.5. The molecule has 4 nitrogen and oxygen atoms in total. The molecule has 2 amide bonds. The van der Waals surface area contributed by atoms with Gasteiger partial charge in [0.2, 0.25) is 5.91 Å². The van der Waals surface area contributed by atoms with Gasteiger partial charge in [-0.05, 0) is 53.8 Å². The van der Waals surface area contributed by atoms with E-state index < -0.39 is 0 Å². The van der Waals surface area contributed by atoms with Crippen molar-refractivity contribution < 1.29 is 9.59 Å². The van der Waals surface area contributed by atoms with E-state index in [-0.39, 0.29) is 18.4 Å². The number of carbonyl (C=O) groups excluding carboxylic acids is 2. The van der Waals surface area contributed by atoms with Crippen LogP contribution in [0.5, 0.6) is 0 Å². The minimum Gasteiger partial charge on any atom is -0.343 e. The molecule has 0 radical (unpaired) electrons. The van der Waals surface area contributed by atoms with E-state index in [1.165, 1.54) is 18.1 Å². The Hall–Kier alpha value is -1.34. The second kappa shape index (κ2) is 9.73. The molecule has 0 aliphatic carbocycles. The van der Waals surface area contributed by atoms with Crippen molar-refractivity contribution in [1.82, 2.24) is 5.32 Å². The van der Waals surface area contributed by atoms with Gasteiger partial charge in [-0.2, -0.15) is 0 Å². The third-order valence-electron chi connectivity index (χ3n) is 3.86. The standard InChI is InChI=1S/C19H18Cl2N2O2S2/c20-15-6-5-12(10-16(15)21)18(25)22-11-17(24)23-14-4-1-3-13(9-14)19-26-7-2-8-27-19/h1,3-6,9-10,19H,2,7-8,11H2,(H,22,25)(H,23,24). The van der Waals surface area contributed by atoms with E-state index in [0.717, 1.165) is 17.2 Å². The number of halogens is 2. The number of benzene rings is 2. The Morgan fingerprint density at radius 1 is 1.04 bits per heavy atom. The van der Waals surface area contributed by atoms with Crippen LogP contribution in [0.4, 0.5) is 5.69 Å². The van der Waals surface area contributed by atoms with Crippen LogP contribution < -0.4 is 10.6 Å². The highest BCUT2D eigenvalue weighted by Crippen LogP contribution is 2.44. The lowest BCUT2D eigenvalue weighted by Gasteiger charge is -2.21. The van der Waals surface area contributed by atoms with Crippen LogP contribution in [-0.4, -0.2) is 29.9 Å². The van der Waals surface area contributed by atoms with Gasteiger partial charge in [-0.3, -0.25) is 9.59 Å². The lowest BCUT2D eigenvalue weighted by Crippen LogP contribution is -2.32. The molecule has 0 atom stereocenters. The van der Waals surface area contributed by atoms with Gasteiger partial charge >= 0.3 is 0 Å². The SMILES string of the molecule is O=C(CNC(=O)c1ccc(Cl)c(Cl)c1)Nc1cccc(C2SCCCS2)c1. The van der Waals surface area contributed by atoms with Gasteiger partial charge in [0.1, 0.15) is 0 Å². The Bertz CT molecular complexity index is 842. The van der Waals surface area contributed by atoms with E-state index in [9.17, 15) is 9.59 Å². The maximum Gasteiger partial charge on any atom is 0.251 e. The van der Waals surface area contributed by atoms with Crippen LogP contribution in [0, 0.1) is 0 Å². The molecule has 0 spiro atoms. The van der Waals surface area contributed by atoms with Crippen molar-refractivity contribution in [3.05, 3.63) is 63.6 Å². The van der Waals surface area contributed by atoms with Crippen molar-refractivity contribution in [2.45, 2.75) is 11.0 Å². The molecule has 1 aliphatic rings. The van der Waals surface area contributed by atoms with Crippen molar-refractivity contribution in [2.24, 2.45) is 0 Å². The fourth-order valence-electron chi connectivity index (χ4n) is 2.55. The maximum atomic E-state index is 12.2. The smallest absolute Gasteiger partial charge is 0.251 e. The van der Waals surface area contributed by atoms with Crippen LogP contribution >= 0.6 is 46.7 Å². The molecular formula is C19H18Cl2N2O2S2. The van der Waals surface area contributed by atoms with Crippen LogP contribution in [0.15, 0.2) is 42.5 Å². The van der Waals surface area contributed by atoms with Gasteiger partial charge in [0, 0.05) is 11.3 Å². The Morgan fingerprint density at radius 3 is 2.56 bits per heavy atom. The third kappa shape index (κ3) is 5.82. The van der Waals surface area contributed by atoms with Gasteiger partial charge in [-0.1, -0.05) is 35.3 Å². The van der Waals surface area contributed by atoms with Crippen molar-refractivity contribution in [1.29, 1.82) is 0 Å². The Labute approximate surface area is 176 Å². The molecule has 0 unspecified atom stereocenters. The van der Waals surface area contributed by atoms with E-state index >= 15 is 0 Å². The summed E-state index contributed by atoms with van der Waals surface area (Å²) < 4.78 is 0.407. The first-order valence-electron chi connectivity index (χ1n) is 8.39. The summed E-state index contributed by atoms with van der Waals surface area (Å²) in [5.41, 5.74) is 2.28. The van der Waals surface area contributed by atoms with E-state index in [1.807, 2.05) is 41.7 Å². The average Bonchev–Trinajstić information content (AvgIpc) is 2.69. The highest BCUT2D eigenvalue weighted by Gasteiger charge is 2.17. The minimum absolute atomic E-state index is 0.129. The lowest BCUT2D eigenvalue weighted by molar-refractivity contribution is -0.115. The van der Waals surface area contributed by atoms with E-state index in [0.29, 0.717) is 20.2 Å². The summed E-state index contributed by atoms with van der Waals surface area (Å²) in [6, 6.07) is 12.4. The molecule has 8 heteroatoms. The molecule has 3 rings (SSSR count). The zero-order valence-electron chi connectivity index (χ0n) is 14.3. The number of thioether (sulfide) groups is 2. The van der Waals surface area contributed by atoms with Crippen LogP contribution in [0.3, 0.4) is 0 Å². The largest absolute Gasteiger partial charge is 0.343 e. The summed E-state index contributed by atoms with van der Waals surface area (Å²) in [5.74, 6) is 1.65. The van der Waals surface area contributed by atoms with E-state index in [4.69, 9.17) is 23.2 Å². The van der Waals surface area contributed by atoms with Crippen molar-refractivity contribution in [2.75, 3.05) is 23.4 Å². The highest BCUT2D eigenvalue weighted by molar-refractivity contribution is 8.16. The topological polar surface area (TPSA) is 58.2 Å². The molecule has 27 heavy (non-hydrogen) atoms. The van der Waals surface area contributed by atoms with Gasteiger partial charge in [0.25, 0.3) is 5.91 Å². The molecule has 1 heterocycles. The van der Waals surface area contributed by atoms with Crippen molar-refractivity contribution in [3.63, 3.8) is 0 Å². The fourth-order valence-corrected chi connectivity index (χ4v) is 5.72. The van der Waals surface area contributed by atoms with Crippen LogP contribution in [0.1, 0.15) is 26.9 Å². The average molecular weight is 441 g/mol. The van der Waals surface area contributed by atoms with Gasteiger partial charge < -0.3 is 10.6 Å². The summed E-state index contributed by atoms with van der Waals surface area (Å²) >= 11 is 15.6. The molecular weight excluding hydrogens is 423 g/mol. The van der Waals surface area contributed by atoms with Crippen LogP contribution in [-0.2, 0) is 4.79 Å². The monoisotopic (exact) mass is 440 g/mol. The Morgan fingerprint density at radius 2 is 1.81 bits per heavy atom. The van der Waals surface area contributed by atoms with Crippen LogP contribution in [0.25, 0.3) is 0 Å². The number of hydrogen-bond acceptors (Lipinski definition) is 4. The molecule has 2 N–H and O–H groups in total. The predicted octanol–water partition coefficient (Wildman–Crippen LogP) is 5.23. The first-order valence-corrected chi connectivity index (χ1v) is 11.2. The second-order valence-corrected chi connectivity index (χ2v) is 9.45. The normalized spacial score (nSPS) is 14.6. The number of carbonyl (C=O) groups is 2. The summed E-state index contributed by atoms with van der Waals surface area (Å²) in [5, 5.41) is 6.08. The van der Waals surface area contributed by atoms with Crippen molar-refractivity contribution in [3.8, 4) is 0 Å². The highest BCUT2D eigenvalue weighted by atomic mass is 35.5. The number of nitrogens with one attached hydrogen (secondary N) is 2. The maximum absolute atomic E-state index is 12.2. The summed E-state index contributed by atoms with van der Waals surface area (Å²) in [6.07, 6.45) is 1.24. The number of anilines is 1. The molecule has 0 bridgehead atoms. The summed E-state index contributed by atoms with van der Waals surface area (Å²) in [4.78, 5) is 24.3. The molecule has 2 aromatic carbocycles. The number of amides is 2. The fraction of sp³-hybridized carbons (Fsp3) is 0.263. The van der Waals surface area contributed by atoms with Gasteiger partial charge in [-0.25, -0.2) is 0 Å². The van der Waals surface area contributed by atoms with Gasteiger partial charge in [-0.15, -0.1) is 23.5 Å². The molecule has 1 fully saturated rings. The lowest BCUT2D eigenvalue weighted by atomic mass is 10.2.